The van der Waals surface area contributed by atoms with Gasteiger partial charge in [0.1, 0.15) is 4.88 Å². The molecule has 10 aromatic heterocycles. The Kier molecular flexibility index (Phi) is 31.5. The number of hydrogen-bond donors (Lipinski definition) is 0. The number of hydrogen-bond acceptors (Lipinski definition) is 28. The lowest BCUT2D eigenvalue weighted by Crippen LogP contribution is -2.11. The number of alkyl halides is 3. The second-order valence-corrected chi connectivity index (χ2v) is 20.4. The quantitative estimate of drug-likeness (QED) is 0.130. The van der Waals surface area contributed by atoms with E-state index in [1.807, 2.05) is 59.1 Å². The lowest BCUT2D eigenvalue weighted by atomic mass is 9.86. The standard InChI is InChI=1S/C8H11NS.2C6H10N2O.C5H4F3NS.C5H6N2O.2C5H8N2O.C4H6N2O.C3H4N2O.C2H2N2O/c1-6-5-9-8(10-6)7-3-2-4-7;1-6(2,3)5-8-7-4-9-5;1-2-3-4-6-8-7-5-9-6;1-3-9-2-4(10-3)5(6,7)8;1-2-4(1)5-7-6-3-8-5;1-4(2)5-7-6-3-8-5;1-2-3-5-7-6-4-8-5;1-2-4-6-5-3-7-4;1-3-5-4-2-6-3;1-3-4-2-5-1/h5,7H,2-4H2,1H3;4H,1-3H3;5H,2-4H2,1H3;2H,1H3;3-4H,1-2H2;3-4H,1-2H3;4H,2-3H2,1H3;3H,2H2,1H3;2H,1H3;1-2H. The predicted octanol–water partition coefficient (Wildman–Crippen LogP) is 12.2. The molecule has 436 valence electrons. The van der Waals surface area contributed by atoms with Crippen molar-refractivity contribution in [3.8, 4) is 0 Å². The van der Waals surface area contributed by atoms with Gasteiger partial charge in [0.25, 0.3) is 0 Å². The maximum Gasteiger partial charge on any atom is 0.427 e. The lowest BCUT2D eigenvalue weighted by molar-refractivity contribution is -0.134. The van der Waals surface area contributed by atoms with Crippen molar-refractivity contribution < 1.29 is 48.5 Å². The van der Waals surface area contributed by atoms with Crippen LogP contribution in [0.4, 0.5) is 13.2 Å². The normalized spacial score (nSPS) is 12.2. The molecular weight excluding hydrogens is 1090 g/mol. The highest BCUT2D eigenvalue weighted by Crippen LogP contribution is 2.39. The van der Waals surface area contributed by atoms with Gasteiger partial charge in [-0.05, 0) is 52.4 Å². The zero-order valence-corrected chi connectivity index (χ0v) is 48.3. The molecule has 2 aliphatic carbocycles. The number of thiazole rings is 2. The minimum atomic E-state index is -4.23. The molecule has 10 heterocycles. The number of aromatic nitrogens is 18. The topological polar surface area (TPSA) is 337 Å². The van der Waals surface area contributed by atoms with E-state index in [4.69, 9.17) is 26.5 Å². The summed E-state index contributed by atoms with van der Waals surface area (Å²) in [5.41, 5.74) is -0.0174. The van der Waals surface area contributed by atoms with Crippen LogP contribution >= 0.6 is 22.7 Å². The van der Waals surface area contributed by atoms with E-state index in [9.17, 15) is 13.2 Å². The van der Waals surface area contributed by atoms with Gasteiger partial charge >= 0.3 is 6.18 Å². The molecule has 0 spiro atoms. The lowest BCUT2D eigenvalue weighted by Gasteiger charge is -2.22. The fourth-order valence-corrected chi connectivity index (χ4v) is 6.79. The van der Waals surface area contributed by atoms with Gasteiger partial charge in [0.15, 0.2) is 0 Å². The Morgan fingerprint density at radius 2 is 1.11 bits per heavy atom. The van der Waals surface area contributed by atoms with Gasteiger partial charge in [-0.25, -0.2) is 9.97 Å². The molecule has 26 nitrogen and oxygen atoms in total. The van der Waals surface area contributed by atoms with Crippen LogP contribution in [0.5, 0.6) is 0 Å². The summed E-state index contributed by atoms with van der Waals surface area (Å²) in [6.45, 7) is 21.7. The Labute approximate surface area is 468 Å². The van der Waals surface area contributed by atoms with Crippen LogP contribution in [0.15, 0.2) is 105 Å². The van der Waals surface area contributed by atoms with Crippen molar-refractivity contribution in [1.82, 2.24) is 91.5 Å². The SMILES string of the molecule is CC(C)(C)c1nnco1.CC(C)c1nnco1.CCCCc1nnco1.CCCc1nnco1.CCc1nnco1.Cc1cnc(C2CCC2)s1.Cc1ncc(C(F)(F)F)s1.Cc1nnco1.c1nnc(C2CC2)o1.c1nnco1. The van der Waals surface area contributed by atoms with Gasteiger partial charge in [0.05, 0.1) is 16.2 Å². The third-order valence-corrected chi connectivity index (χ3v) is 11.7. The molecule has 0 unspecified atom stereocenters. The monoisotopic (exact) mass is 1160 g/mol. The van der Waals surface area contributed by atoms with Crippen LogP contribution in [0.2, 0.25) is 0 Å². The highest BCUT2D eigenvalue weighted by Gasteiger charge is 2.32. The van der Waals surface area contributed by atoms with Gasteiger partial charge in [-0.3, -0.25) is 0 Å². The van der Waals surface area contributed by atoms with Gasteiger partial charge in [0.2, 0.25) is 98.8 Å². The summed E-state index contributed by atoms with van der Waals surface area (Å²) >= 11 is 2.52. The van der Waals surface area contributed by atoms with Crippen LogP contribution in [-0.4, -0.2) is 91.5 Å². The number of aryl methyl sites for hydroxylation is 6. The van der Waals surface area contributed by atoms with E-state index < -0.39 is 11.1 Å². The molecule has 0 aliphatic heterocycles. The van der Waals surface area contributed by atoms with Crippen LogP contribution in [0.25, 0.3) is 0 Å². The summed E-state index contributed by atoms with van der Waals surface area (Å²) in [6, 6.07) is 0. The Hall–Kier alpha value is -7.83. The molecule has 2 aliphatic rings. The van der Waals surface area contributed by atoms with Crippen molar-refractivity contribution in [2.24, 2.45) is 0 Å². The van der Waals surface area contributed by atoms with E-state index in [0.29, 0.717) is 51.7 Å². The first kappa shape index (κ1) is 66.4. The Morgan fingerprint density at radius 3 is 1.41 bits per heavy atom. The zero-order valence-electron chi connectivity index (χ0n) is 46.6. The molecule has 31 heteroatoms. The number of nitrogens with zero attached hydrogens (tertiary/aromatic N) is 18. The molecule has 0 aromatic carbocycles. The fraction of sp³-hybridized carbons (Fsp3) is 0.551. The smallest absolute Gasteiger partial charge is 0.427 e. The summed E-state index contributed by atoms with van der Waals surface area (Å²) < 4.78 is 73.6. The van der Waals surface area contributed by atoms with Crippen molar-refractivity contribution >= 4 is 22.7 Å². The maximum absolute atomic E-state index is 11.8. The van der Waals surface area contributed by atoms with Crippen LogP contribution in [0.1, 0.15) is 186 Å². The molecule has 0 bridgehead atoms. The molecule has 12 rings (SSSR count). The van der Waals surface area contributed by atoms with Gasteiger partial charge < -0.3 is 35.3 Å². The largest absolute Gasteiger partial charge is 0.431 e. The number of rotatable bonds is 9. The molecular formula is C49H69F3N18O8S2. The highest BCUT2D eigenvalue weighted by atomic mass is 32.1. The highest BCUT2D eigenvalue weighted by molar-refractivity contribution is 7.11. The number of halogens is 3. The summed E-state index contributed by atoms with van der Waals surface area (Å²) in [6.07, 6.45) is 23.1. The number of unbranched alkanes of at least 4 members (excludes halogenated alkanes) is 1. The summed E-state index contributed by atoms with van der Waals surface area (Å²) in [7, 11) is 0. The molecule has 0 radical (unpaired) electrons. The Bertz CT molecular complexity index is 2800. The third-order valence-electron chi connectivity index (χ3n) is 9.65. The first-order chi connectivity index (χ1) is 38.4. The first-order valence-electron chi connectivity index (χ1n) is 25.3. The second kappa shape index (κ2) is 37.9. The van der Waals surface area contributed by atoms with E-state index in [-0.39, 0.29) is 5.41 Å². The van der Waals surface area contributed by atoms with Crippen LogP contribution in [-0.2, 0) is 30.9 Å². The van der Waals surface area contributed by atoms with Crippen molar-refractivity contribution in [1.29, 1.82) is 0 Å². The molecule has 0 saturated heterocycles. The first-order valence-corrected chi connectivity index (χ1v) is 26.9. The van der Waals surface area contributed by atoms with Crippen LogP contribution in [0, 0.1) is 20.8 Å². The Morgan fingerprint density at radius 1 is 0.550 bits per heavy atom. The van der Waals surface area contributed by atoms with E-state index in [0.717, 1.165) is 61.9 Å². The molecule has 0 amide bonds. The van der Waals surface area contributed by atoms with Crippen molar-refractivity contribution in [2.75, 3.05) is 0 Å². The Balaban J connectivity index is 0.000000235. The van der Waals surface area contributed by atoms with E-state index in [1.54, 1.807) is 13.8 Å². The van der Waals surface area contributed by atoms with Gasteiger partial charge in [-0.2, -0.15) is 13.2 Å². The molecule has 0 atom stereocenters. The van der Waals surface area contributed by atoms with E-state index >= 15 is 0 Å². The van der Waals surface area contributed by atoms with Crippen molar-refractivity contribution in [3.05, 3.63) is 131 Å². The molecule has 10 aromatic rings. The minimum Gasteiger partial charge on any atom is -0.431 e. The summed E-state index contributed by atoms with van der Waals surface area (Å²) in [4.78, 5) is 8.55. The average Bonchev–Trinajstić information content (AvgIpc) is 4.27. The van der Waals surface area contributed by atoms with Gasteiger partial charge in [-0.15, -0.1) is 104 Å². The second-order valence-electron chi connectivity index (χ2n) is 17.9. The van der Waals surface area contributed by atoms with Crippen LogP contribution < -0.4 is 0 Å². The van der Waals surface area contributed by atoms with Gasteiger partial charge in [0, 0.05) is 60.4 Å². The van der Waals surface area contributed by atoms with Gasteiger partial charge in [-0.1, -0.05) is 68.2 Å². The summed E-state index contributed by atoms with van der Waals surface area (Å²) in [5.74, 6) is 6.73. The predicted molar refractivity (Wildman–Crippen MR) is 281 cm³/mol. The molecule has 0 N–H and O–H groups in total. The van der Waals surface area contributed by atoms with Crippen molar-refractivity contribution in [2.45, 2.75) is 176 Å². The van der Waals surface area contributed by atoms with E-state index in [1.165, 1.54) is 106 Å². The zero-order chi connectivity index (χ0) is 58.4. The third kappa shape index (κ3) is 29.8. The van der Waals surface area contributed by atoms with Crippen molar-refractivity contribution in [3.63, 3.8) is 0 Å². The average molecular weight is 1160 g/mol. The maximum atomic E-state index is 11.8. The van der Waals surface area contributed by atoms with E-state index in [2.05, 4.69) is 121 Å². The summed E-state index contributed by atoms with van der Waals surface area (Å²) in [5, 5.41) is 58.8. The minimum absolute atomic E-state index is 0.0174. The fourth-order valence-electron chi connectivity index (χ4n) is 5.20. The molecule has 2 saturated carbocycles. The molecule has 2 fully saturated rings. The van der Waals surface area contributed by atoms with Crippen LogP contribution in [0.3, 0.4) is 0 Å². The molecule has 80 heavy (non-hydrogen) atoms.